The average Bonchev–Trinajstić information content (AvgIpc) is 2.84. The topological polar surface area (TPSA) is 69.6 Å². The van der Waals surface area contributed by atoms with Gasteiger partial charge in [0, 0.05) is 19.6 Å². The minimum atomic E-state index is -0.847. The van der Waals surface area contributed by atoms with Crippen LogP contribution in [-0.2, 0) is 9.59 Å². The molecule has 2 N–H and O–H groups in total. The van der Waals surface area contributed by atoms with E-state index in [4.69, 9.17) is 5.11 Å². The Morgan fingerprint density at radius 3 is 2.53 bits per heavy atom. The second-order valence-electron chi connectivity index (χ2n) is 5.54. The molecular formula is C14H26N2O3. The number of carboxylic acids is 1. The lowest BCUT2D eigenvalue weighted by molar-refractivity contribution is -0.146. The number of hydrogen-bond donors (Lipinski definition) is 2. The molecule has 1 amide bonds. The van der Waals surface area contributed by atoms with Crippen molar-refractivity contribution in [2.45, 2.75) is 40.0 Å². The van der Waals surface area contributed by atoms with Gasteiger partial charge in [0.25, 0.3) is 0 Å². The van der Waals surface area contributed by atoms with Crippen LogP contribution in [0, 0.1) is 11.3 Å². The van der Waals surface area contributed by atoms with Crippen LogP contribution in [0.15, 0.2) is 0 Å². The molecule has 1 aliphatic heterocycles. The highest BCUT2D eigenvalue weighted by atomic mass is 16.4. The lowest BCUT2D eigenvalue weighted by Crippen LogP contribution is -2.47. The highest BCUT2D eigenvalue weighted by Gasteiger charge is 2.42. The van der Waals surface area contributed by atoms with Gasteiger partial charge >= 0.3 is 5.97 Å². The van der Waals surface area contributed by atoms with E-state index in [2.05, 4.69) is 12.2 Å². The molecular weight excluding hydrogens is 244 g/mol. The summed E-state index contributed by atoms with van der Waals surface area (Å²) in [5.74, 6) is -1.24. The predicted molar refractivity (Wildman–Crippen MR) is 73.9 cm³/mol. The van der Waals surface area contributed by atoms with Gasteiger partial charge in [-0.25, -0.2) is 0 Å². The van der Waals surface area contributed by atoms with E-state index in [0.717, 1.165) is 32.4 Å². The summed E-state index contributed by atoms with van der Waals surface area (Å²) in [5.41, 5.74) is -0.316. The summed E-state index contributed by atoms with van der Waals surface area (Å²) < 4.78 is 0. The molecule has 0 spiro atoms. The van der Waals surface area contributed by atoms with Crippen molar-refractivity contribution in [2.24, 2.45) is 11.3 Å². The molecule has 5 heteroatoms. The van der Waals surface area contributed by atoms with Gasteiger partial charge in [-0.15, -0.1) is 0 Å². The minimum Gasteiger partial charge on any atom is -0.481 e. The molecule has 1 aliphatic rings. The molecule has 19 heavy (non-hydrogen) atoms. The normalized spacial score (nSPS) is 24.2. The second-order valence-corrected chi connectivity index (χ2v) is 5.54. The molecule has 0 aromatic rings. The first-order valence-corrected chi connectivity index (χ1v) is 7.19. The molecule has 5 nitrogen and oxygen atoms in total. The SMILES string of the molecule is CCCC1(C(=O)N(CC)CC(C)C(=O)O)CCNC1. The number of carbonyl (C=O) groups is 2. The first-order chi connectivity index (χ1) is 8.96. The van der Waals surface area contributed by atoms with E-state index in [-0.39, 0.29) is 11.3 Å². The van der Waals surface area contributed by atoms with E-state index in [0.29, 0.717) is 13.1 Å². The Labute approximate surface area is 115 Å². The van der Waals surface area contributed by atoms with Crippen molar-refractivity contribution in [2.75, 3.05) is 26.2 Å². The van der Waals surface area contributed by atoms with Gasteiger partial charge in [-0.2, -0.15) is 0 Å². The zero-order valence-corrected chi connectivity index (χ0v) is 12.2. The summed E-state index contributed by atoms with van der Waals surface area (Å²) in [5, 5.41) is 12.3. The Morgan fingerprint density at radius 1 is 1.42 bits per heavy atom. The molecule has 0 radical (unpaired) electrons. The van der Waals surface area contributed by atoms with Gasteiger partial charge in [0.1, 0.15) is 0 Å². The van der Waals surface area contributed by atoms with Crippen molar-refractivity contribution in [3.8, 4) is 0 Å². The van der Waals surface area contributed by atoms with Gasteiger partial charge in [0.15, 0.2) is 0 Å². The fourth-order valence-corrected chi connectivity index (χ4v) is 2.82. The van der Waals surface area contributed by atoms with Crippen molar-refractivity contribution in [3.63, 3.8) is 0 Å². The van der Waals surface area contributed by atoms with Gasteiger partial charge in [-0.05, 0) is 26.3 Å². The van der Waals surface area contributed by atoms with Gasteiger partial charge in [0.2, 0.25) is 5.91 Å². The lowest BCUT2D eigenvalue weighted by Gasteiger charge is -2.34. The number of amides is 1. The van der Waals surface area contributed by atoms with Gasteiger partial charge in [0.05, 0.1) is 11.3 Å². The molecule has 1 rings (SSSR count). The largest absolute Gasteiger partial charge is 0.481 e. The van der Waals surface area contributed by atoms with Crippen LogP contribution in [0.1, 0.15) is 40.0 Å². The van der Waals surface area contributed by atoms with Crippen molar-refractivity contribution in [1.29, 1.82) is 0 Å². The molecule has 1 fully saturated rings. The molecule has 0 aliphatic carbocycles. The fraction of sp³-hybridized carbons (Fsp3) is 0.857. The summed E-state index contributed by atoms with van der Waals surface area (Å²) in [6.07, 6.45) is 2.70. The minimum absolute atomic E-state index is 0.120. The van der Waals surface area contributed by atoms with Crippen molar-refractivity contribution < 1.29 is 14.7 Å². The third-order valence-electron chi connectivity index (χ3n) is 4.01. The maximum atomic E-state index is 12.7. The van der Waals surface area contributed by atoms with E-state index in [1.807, 2.05) is 6.92 Å². The maximum absolute atomic E-state index is 12.7. The zero-order valence-electron chi connectivity index (χ0n) is 12.2. The van der Waals surface area contributed by atoms with Crippen LogP contribution >= 0.6 is 0 Å². The van der Waals surface area contributed by atoms with Crippen molar-refractivity contribution in [3.05, 3.63) is 0 Å². The monoisotopic (exact) mass is 270 g/mol. The second kappa shape index (κ2) is 6.89. The van der Waals surface area contributed by atoms with E-state index < -0.39 is 11.9 Å². The Balaban J connectivity index is 2.78. The Bertz CT molecular complexity index is 325. The molecule has 0 saturated carbocycles. The maximum Gasteiger partial charge on any atom is 0.308 e. The highest BCUT2D eigenvalue weighted by Crippen LogP contribution is 2.33. The van der Waals surface area contributed by atoms with Crippen LogP contribution in [0.25, 0.3) is 0 Å². The highest BCUT2D eigenvalue weighted by molar-refractivity contribution is 5.84. The zero-order chi connectivity index (χ0) is 14.5. The number of nitrogens with one attached hydrogen (secondary N) is 1. The van der Waals surface area contributed by atoms with Gasteiger partial charge in [-0.1, -0.05) is 20.3 Å². The van der Waals surface area contributed by atoms with Crippen molar-refractivity contribution >= 4 is 11.9 Å². The first-order valence-electron chi connectivity index (χ1n) is 7.19. The number of nitrogens with zero attached hydrogens (tertiary/aromatic N) is 1. The number of carbonyl (C=O) groups excluding carboxylic acids is 1. The summed E-state index contributed by atoms with van der Waals surface area (Å²) in [6.45, 7) is 8.11. The molecule has 2 atom stereocenters. The number of hydrogen-bond acceptors (Lipinski definition) is 3. The Hall–Kier alpha value is -1.10. The van der Waals surface area contributed by atoms with Crippen LogP contribution in [0.4, 0.5) is 0 Å². The van der Waals surface area contributed by atoms with Crippen LogP contribution in [0.5, 0.6) is 0 Å². The fourth-order valence-electron chi connectivity index (χ4n) is 2.82. The summed E-state index contributed by atoms with van der Waals surface area (Å²) in [6, 6.07) is 0. The van der Waals surface area contributed by atoms with Gasteiger partial charge in [-0.3, -0.25) is 9.59 Å². The Kier molecular flexibility index (Phi) is 5.79. The van der Waals surface area contributed by atoms with Crippen LogP contribution < -0.4 is 5.32 Å². The quantitative estimate of drug-likeness (QED) is 0.732. The van der Waals surface area contributed by atoms with Crippen LogP contribution in [0.2, 0.25) is 0 Å². The predicted octanol–water partition coefficient (Wildman–Crippen LogP) is 1.34. The number of aliphatic carboxylic acids is 1. The van der Waals surface area contributed by atoms with Gasteiger partial charge < -0.3 is 15.3 Å². The molecule has 1 heterocycles. The Morgan fingerprint density at radius 2 is 2.11 bits per heavy atom. The van der Waals surface area contributed by atoms with Crippen LogP contribution in [0.3, 0.4) is 0 Å². The lowest BCUT2D eigenvalue weighted by atomic mass is 9.81. The molecule has 0 bridgehead atoms. The van der Waals surface area contributed by atoms with E-state index in [1.54, 1.807) is 11.8 Å². The molecule has 0 aromatic heterocycles. The third kappa shape index (κ3) is 3.69. The molecule has 2 unspecified atom stereocenters. The standard InChI is InChI=1S/C14H26N2O3/c1-4-6-14(7-8-15-10-14)13(19)16(5-2)9-11(3)12(17)18/h11,15H,4-10H2,1-3H3,(H,17,18). The third-order valence-corrected chi connectivity index (χ3v) is 4.01. The molecule has 1 saturated heterocycles. The van der Waals surface area contributed by atoms with E-state index in [1.165, 1.54) is 0 Å². The summed E-state index contributed by atoms with van der Waals surface area (Å²) in [4.78, 5) is 25.4. The number of rotatable bonds is 7. The van der Waals surface area contributed by atoms with Crippen molar-refractivity contribution in [1.82, 2.24) is 10.2 Å². The molecule has 110 valence electrons. The first kappa shape index (κ1) is 16.0. The van der Waals surface area contributed by atoms with Crippen LogP contribution in [-0.4, -0.2) is 48.1 Å². The average molecular weight is 270 g/mol. The summed E-state index contributed by atoms with van der Waals surface area (Å²) >= 11 is 0. The van der Waals surface area contributed by atoms with E-state index in [9.17, 15) is 9.59 Å². The van der Waals surface area contributed by atoms with E-state index >= 15 is 0 Å². The number of carboxylic acid groups (broad SMARTS) is 1. The smallest absolute Gasteiger partial charge is 0.308 e. The summed E-state index contributed by atoms with van der Waals surface area (Å²) in [7, 11) is 0. The molecule has 0 aromatic carbocycles.